The van der Waals surface area contributed by atoms with E-state index in [-0.39, 0.29) is 12.2 Å². The molecule has 0 aromatic heterocycles. The number of allylic oxidation sites excluding steroid dienone is 4. The summed E-state index contributed by atoms with van der Waals surface area (Å²) in [6.45, 7) is 10.6. The van der Waals surface area contributed by atoms with Gasteiger partial charge in [-0.25, -0.2) is 0 Å². The molecule has 0 spiro atoms. The summed E-state index contributed by atoms with van der Waals surface area (Å²) >= 11 is 0. The fourth-order valence-electron chi connectivity index (χ4n) is 4.31. The average molecular weight is 298 g/mol. The van der Waals surface area contributed by atoms with Crippen LogP contribution in [0.3, 0.4) is 0 Å². The minimum atomic E-state index is 0.236. The van der Waals surface area contributed by atoms with E-state index >= 15 is 0 Å². The molecule has 2 aliphatic carbocycles. The van der Waals surface area contributed by atoms with Crippen LogP contribution in [0.1, 0.15) is 27.7 Å². The first-order chi connectivity index (χ1) is 10.5. The van der Waals surface area contributed by atoms with Gasteiger partial charge in [0.2, 0.25) is 0 Å². The van der Waals surface area contributed by atoms with E-state index < -0.39 is 0 Å². The van der Waals surface area contributed by atoms with Crippen LogP contribution in [0.5, 0.6) is 0 Å². The van der Waals surface area contributed by atoms with Gasteiger partial charge in [0.05, 0.1) is 25.4 Å². The zero-order valence-electron chi connectivity index (χ0n) is 14.0. The van der Waals surface area contributed by atoms with Crippen LogP contribution in [0.25, 0.3) is 0 Å². The molecular formula is C20H26O2. The molecule has 2 fully saturated rings. The quantitative estimate of drug-likeness (QED) is 0.765. The maximum Gasteiger partial charge on any atom is 0.0876 e. The minimum absolute atomic E-state index is 0.236. The summed E-state index contributed by atoms with van der Waals surface area (Å²) in [6.07, 6.45) is 9.87. The van der Waals surface area contributed by atoms with Crippen molar-refractivity contribution in [2.75, 3.05) is 13.2 Å². The van der Waals surface area contributed by atoms with Gasteiger partial charge < -0.3 is 9.47 Å². The van der Waals surface area contributed by atoms with Crippen molar-refractivity contribution in [1.82, 2.24) is 0 Å². The van der Waals surface area contributed by atoms with Crippen LogP contribution in [0, 0.1) is 23.7 Å². The third kappa shape index (κ3) is 2.16. The zero-order valence-corrected chi connectivity index (χ0v) is 14.0. The van der Waals surface area contributed by atoms with Gasteiger partial charge >= 0.3 is 0 Å². The highest BCUT2D eigenvalue weighted by Gasteiger charge is 2.49. The van der Waals surface area contributed by atoms with Gasteiger partial charge in [0.15, 0.2) is 0 Å². The molecule has 2 nitrogen and oxygen atoms in total. The molecule has 4 aliphatic rings. The molecule has 4 rings (SSSR count). The molecule has 2 heterocycles. The molecular weight excluding hydrogens is 272 g/mol. The number of rotatable bonds is 2. The van der Waals surface area contributed by atoms with Crippen molar-refractivity contribution in [2.24, 2.45) is 23.7 Å². The van der Waals surface area contributed by atoms with Crippen LogP contribution >= 0.6 is 0 Å². The standard InChI is InChI=1S/C20H26O2/c1-11-5-15(6-12(11)2)19-17-9-22-20(18(17)10-21-19)16-7-13(3)14(4)8-16/h5-8,11,13,17-20H,9-10H2,1-4H3. The van der Waals surface area contributed by atoms with Crippen molar-refractivity contribution >= 4 is 0 Å². The Balaban J connectivity index is 1.53. The molecule has 0 radical (unpaired) electrons. The summed E-state index contributed by atoms with van der Waals surface area (Å²) < 4.78 is 12.4. The van der Waals surface area contributed by atoms with Gasteiger partial charge in [-0.2, -0.15) is 0 Å². The maximum atomic E-state index is 6.20. The summed E-state index contributed by atoms with van der Waals surface area (Å²) in [5.41, 5.74) is 5.65. The van der Waals surface area contributed by atoms with Gasteiger partial charge in [-0.15, -0.1) is 0 Å². The Morgan fingerprint density at radius 1 is 0.773 bits per heavy atom. The molecule has 0 saturated carbocycles. The van der Waals surface area contributed by atoms with Crippen LogP contribution in [0.2, 0.25) is 0 Å². The van der Waals surface area contributed by atoms with Crippen molar-refractivity contribution in [3.8, 4) is 0 Å². The normalized spacial score (nSPS) is 43.8. The molecule has 0 bridgehead atoms. The van der Waals surface area contributed by atoms with E-state index in [9.17, 15) is 0 Å². The summed E-state index contributed by atoms with van der Waals surface area (Å²) in [5, 5.41) is 0. The molecule has 0 N–H and O–H groups in total. The Labute approximate surface area is 133 Å². The molecule has 6 atom stereocenters. The number of ether oxygens (including phenoxy) is 2. The van der Waals surface area contributed by atoms with Gasteiger partial charge in [0, 0.05) is 11.8 Å². The van der Waals surface area contributed by atoms with Crippen LogP contribution in [-0.2, 0) is 9.47 Å². The van der Waals surface area contributed by atoms with Crippen molar-refractivity contribution in [3.05, 3.63) is 46.6 Å². The van der Waals surface area contributed by atoms with Crippen LogP contribution in [0.4, 0.5) is 0 Å². The SMILES string of the molecule is CC1=CC(C2OCC3C(C4=CC(C)C(C)=C4)OCC23)=CC1C. The van der Waals surface area contributed by atoms with Crippen molar-refractivity contribution in [1.29, 1.82) is 0 Å². The molecule has 118 valence electrons. The lowest BCUT2D eigenvalue weighted by molar-refractivity contribution is 0.0475. The lowest BCUT2D eigenvalue weighted by atomic mass is 9.85. The van der Waals surface area contributed by atoms with E-state index in [0.717, 1.165) is 13.2 Å². The van der Waals surface area contributed by atoms with Gasteiger partial charge in [-0.1, -0.05) is 49.3 Å². The first-order valence-corrected chi connectivity index (χ1v) is 8.57. The van der Waals surface area contributed by atoms with E-state index in [2.05, 4.69) is 52.0 Å². The Morgan fingerprint density at radius 3 is 1.50 bits per heavy atom. The Bertz CT molecular complexity index is 553. The van der Waals surface area contributed by atoms with Gasteiger partial charge in [0.25, 0.3) is 0 Å². The summed E-state index contributed by atoms with van der Waals surface area (Å²) in [5.74, 6) is 2.13. The number of hydrogen-bond acceptors (Lipinski definition) is 2. The monoisotopic (exact) mass is 298 g/mol. The predicted molar refractivity (Wildman–Crippen MR) is 88.5 cm³/mol. The van der Waals surface area contributed by atoms with Crippen molar-refractivity contribution in [3.63, 3.8) is 0 Å². The van der Waals surface area contributed by atoms with Crippen LogP contribution < -0.4 is 0 Å². The number of hydrogen-bond donors (Lipinski definition) is 0. The highest BCUT2D eigenvalue weighted by Crippen LogP contribution is 2.45. The van der Waals surface area contributed by atoms with E-state index in [1.807, 2.05) is 0 Å². The Hall–Kier alpha value is -1.12. The summed E-state index contributed by atoms with van der Waals surface area (Å²) in [6, 6.07) is 0. The topological polar surface area (TPSA) is 18.5 Å². The fraction of sp³-hybridized carbons (Fsp3) is 0.600. The molecule has 0 aromatic carbocycles. The highest BCUT2D eigenvalue weighted by atomic mass is 16.5. The second kappa shape index (κ2) is 5.21. The molecule has 22 heavy (non-hydrogen) atoms. The molecule has 2 saturated heterocycles. The molecule has 2 heteroatoms. The van der Waals surface area contributed by atoms with Crippen LogP contribution in [-0.4, -0.2) is 25.4 Å². The zero-order chi connectivity index (χ0) is 15.4. The molecule has 0 aromatic rings. The van der Waals surface area contributed by atoms with Crippen molar-refractivity contribution < 1.29 is 9.47 Å². The van der Waals surface area contributed by atoms with E-state index in [4.69, 9.17) is 9.47 Å². The summed E-state index contributed by atoms with van der Waals surface area (Å²) in [7, 11) is 0. The molecule has 2 aliphatic heterocycles. The highest BCUT2D eigenvalue weighted by molar-refractivity contribution is 5.41. The first kappa shape index (κ1) is 14.5. The average Bonchev–Trinajstić information content (AvgIpc) is 3.18. The van der Waals surface area contributed by atoms with Crippen molar-refractivity contribution in [2.45, 2.75) is 39.9 Å². The number of fused-ring (bicyclic) bond motifs is 1. The third-order valence-electron chi connectivity index (χ3n) is 6.03. The fourth-order valence-corrected chi connectivity index (χ4v) is 4.31. The van der Waals surface area contributed by atoms with Crippen LogP contribution in [0.15, 0.2) is 46.6 Å². The predicted octanol–water partition coefficient (Wildman–Crippen LogP) is 4.06. The van der Waals surface area contributed by atoms with Gasteiger partial charge in [0.1, 0.15) is 0 Å². The van der Waals surface area contributed by atoms with E-state index in [1.54, 1.807) is 0 Å². The first-order valence-electron chi connectivity index (χ1n) is 8.57. The lowest BCUT2D eigenvalue weighted by Crippen LogP contribution is -2.23. The lowest BCUT2D eigenvalue weighted by Gasteiger charge is -2.16. The third-order valence-corrected chi connectivity index (χ3v) is 6.03. The smallest absolute Gasteiger partial charge is 0.0876 e. The maximum absolute atomic E-state index is 6.20. The summed E-state index contributed by atoms with van der Waals surface area (Å²) in [4.78, 5) is 0. The molecule has 0 amide bonds. The minimum Gasteiger partial charge on any atom is -0.373 e. The second-order valence-corrected chi connectivity index (χ2v) is 7.52. The van der Waals surface area contributed by atoms with Gasteiger partial charge in [-0.3, -0.25) is 0 Å². The van der Waals surface area contributed by atoms with E-state index in [1.165, 1.54) is 22.3 Å². The second-order valence-electron chi connectivity index (χ2n) is 7.52. The molecule has 6 unspecified atom stereocenters. The Morgan fingerprint density at radius 2 is 1.18 bits per heavy atom. The largest absolute Gasteiger partial charge is 0.373 e. The Kier molecular flexibility index (Phi) is 3.43. The van der Waals surface area contributed by atoms with Gasteiger partial charge in [-0.05, 0) is 36.8 Å². The van der Waals surface area contributed by atoms with E-state index in [0.29, 0.717) is 23.7 Å².